The molecule has 0 atom stereocenters. The Morgan fingerprint density at radius 1 is 0.933 bits per heavy atom. The molecule has 4 rings (SSSR count). The fourth-order valence-electron chi connectivity index (χ4n) is 3.70. The van der Waals surface area contributed by atoms with Crippen molar-refractivity contribution < 1.29 is 9.59 Å². The first kappa shape index (κ1) is 19.9. The van der Waals surface area contributed by atoms with Crippen LogP contribution in [0.5, 0.6) is 0 Å². The molecule has 1 aliphatic rings. The van der Waals surface area contributed by atoms with Crippen molar-refractivity contribution in [2.75, 3.05) is 26.2 Å². The number of hydrogen-bond acceptors (Lipinski definition) is 3. The van der Waals surface area contributed by atoms with Gasteiger partial charge in [-0.3, -0.25) is 14.7 Å². The summed E-state index contributed by atoms with van der Waals surface area (Å²) in [5.74, 6) is 0.163. The Labute approximate surface area is 176 Å². The third-order valence-electron chi connectivity index (χ3n) is 5.46. The Morgan fingerprint density at radius 2 is 1.60 bits per heavy atom. The zero-order valence-corrected chi connectivity index (χ0v) is 17.3. The molecule has 1 N–H and O–H groups in total. The quantitative estimate of drug-likeness (QED) is 0.724. The van der Waals surface area contributed by atoms with Crippen molar-refractivity contribution in [1.29, 1.82) is 0 Å². The topological polar surface area (TPSA) is 69.3 Å². The molecule has 1 aliphatic heterocycles. The van der Waals surface area contributed by atoms with Crippen LogP contribution in [0.1, 0.15) is 35.5 Å². The fraction of sp³-hybridized carbons (Fsp3) is 0.292. The number of carbonyl (C=O) groups is 2. The number of para-hydroxylation sites is 1. The van der Waals surface area contributed by atoms with Crippen LogP contribution in [-0.4, -0.2) is 58.0 Å². The Balaban J connectivity index is 1.39. The molecule has 0 unspecified atom stereocenters. The zero-order chi connectivity index (χ0) is 21.1. The largest absolute Gasteiger partial charge is 0.339 e. The van der Waals surface area contributed by atoms with Gasteiger partial charge in [0, 0.05) is 43.0 Å². The molecule has 0 aliphatic carbocycles. The van der Waals surface area contributed by atoms with E-state index in [1.54, 1.807) is 0 Å². The highest BCUT2D eigenvalue weighted by Gasteiger charge is 2.25. The summed E-state index contributed by atoms with van der Waals surface area (Å²) >= 11 is 0. The van der Waals surface area contributed by atoms with E-state index in [-0.39, 0.29) is 17.7 Å². The molecule has 30 heavy (non-hydrogen) atoms. The predicted molar refractivity (Wildman–Crippen MR) is 119 cm³/mol. The Morgan fingerprint density at radius 3 is 2.30 bits per heavy atom. The van der Waals surface area contributed by atoms with Gasteiger partial charge >= 0.3 is 0 Å². The number of amides is 2. The van der Waals surface area contributed by atoms with Crippen LogP contribution in [0.3, 0.4) is 0 Å². The van der Waals surface area contributed by atoms with Crippen LogP contribution in [0.2, 0.25) is 0 Å². The summed E-state index contributed by atoms with van der Waals surface area (Å²) < 4.78 is 0. The number of H-pyrrole nitrogens is 1. The molecule has 0 spiro atoms. The van der Waals surface area contributed by atoms with Gasteiger partial charge in [-0.1, -0.05) is 50.3 Å². The van der Waals surface area contributed by atoms with Crippen molar-refractivity contribution >= 4 is 34.9 Å². The summed E-state index contributed by atoms with van der Waals surface area (Å²) in [6, 6.07) is 15.6. The van der Waals surface area contributed by atoms with Crippen LogP contribution in [0.4, 0.5) is 0 Å². The molecule has 0 saturated carbocycles. The highest BCUT2D eigenvalue weighted by molar-refractivity contribution is 5.95. The number of aromatic nitrogens is 2. The van der Waals surface area contributed by atoms with Crippen molar-refractivity contribution in [3.05, 3.63) is 65.4 Å². The van der Waals surface area contributed by atoms with Gasteiger partial charge in [-0.25, -0.2) is 0 Å². The van der Waals surface area contributed by atoms with Gasteiger partial charge in [0.25, 0.3) is 5.91 Å². The maximum absolute atomic E-state index is 12.8. The second-order valence-electron chi connectivity index (χ2n) is 7.88. The molecule has 3 aromatic rings. The molecule has 6 heteroatoms. The van der Waals surface area contributed by atoms with Gasteiger partial charge in [0.05, 0.1) is 11.2 Å². The van der Waals surface area contributed by atoms with E-state index in [2.05, 4.69) is 10.2 Å². The standard InChI is InChI=1S/C24H26N4O2/c1-17(2)23(29)27-13-15-28(16-14-27)24(30)19-10-7-18(8-11-19)9-12-22-20-5-3-4-6-21(20)25-26-22/h3-12,17H,13-16H2,1-2H3,(H,25,26)/b12-9+. The predicted octanol–water partition coefficient (Wildman–Crippen LogP) is 3.67. The van der Waals surface area contributed by atoms with Gasteiger partial charge in [-0.05, 0) is 29.8 Å². The van der Waals surface area contributed by atoms with Gasteiger partial charge in [0.15, 0.2) is 0 Å². The van der Waals surface area contributed by atoms with E-state index in [0.717, 1.165) is 22.2 Å². The SMILES string of the molecule is CC(C)C(=O)N1CCN(C(=O)c2ccc(/C=C/c3n[nH]c4ccccc34)cc2)CC1. The van der Waals surface area contributed by atoms with Crippen molar-refractivity contribution in [3.63, 3.8) is 0 Å². The minimum atomic E-state index is -0.00712. The molecule has 1 saturated heterocycles. The summed E-state index contributed by atoms with van der Waals surface area (Å²) in [4.78, 5) is 28.6. The summed E-state index contributed by atoms with van der Waals surface area (Å²) in [5.41, 5.74) is 3.57. The normalized spacial score (nSPS) is 14.8. The molecule has 154 valence electrons. The summed E-state index contributed by atoms with van der Waals surface area (Å²) in [5, 5.41) is 8.45. The Hall–Kier alpha value is -3.41. The third-order valence-corrected chi connectivity index (χ3v) is 5.46. The van der Waals surface area contributed by atoms with E-state index in [9.17, 15) is 9.59 Å². The highest BCUT2D eigenvalue weighted by atomic mass is 16.2. The first-order chi connectivity index (χ1) is 14.5. The van der Waals surface area contributed by atoms with Crippen LogP contribution in [0.15, 0.2) is 48.5 Å². The maximum atomic E-state index is 12.8. The van der Waals surface area contributed by atoms with E-state index in [1.807, 2.05) is 84.3 Å². The minimum Gasteiger partial charge on any atom is -0.339 e. The van der Waals surface area contributed by atoms with Crippen molar-refractivity contribution in [3.8, 4) is 0 Å². The van der Waals surface area contributed by atoms with Crippen LogP contribution in [0, 0.1) is 5.92 Å². The summed E-state index contributed by atoms with van der Waals surface area (Å²) in [6.45, 7) is 6.16. The van der Waals surface area contributed by atoms with E-state index in [0.29, 0.717) is 31.7 Å². The van der Waals surface area contributed by atoms with Gasteiger partial charge < -0.3 is 9.80 Å². The molecular weight excluding hydrogens is 376 g/mol. The lowest BCUT2D eigenvalue weighted by Crippen LogP contribution is -2.51. The molecular formula is C24H26N4O2. The molecule has 1 aromatic heterocycles. The Kier molecular flexibility index (Phi) is 5.65. The lowest BCUT2D eigenvalue weighted by Gasteiger charge is -2.35. The average molecular weight is 402 g/mol. The molecule has 1 fully saturated rings. The lowest BCUT2D eigenvalue weighted by molar-refractivity contribution is -0.135. The van der Waals surface area contributed by atoms with Gasteiger partial charge in [0.2, 0.25) is 5.91 Å². The number of carbonyl (C=O) groups excluding carboxylic acids is 2. The van der Waals surface area contributed by atoms with Crippen LogP contribution < -0.4 is 0 Å². The molecule has 2 aromatic carbocycles. The second-order valence-corrected chi connectivity index (χ2v) is 7.88. The number of hydrogen-bond donors (Lipinski definition) is 1. The first-order valence-corrected chi connectivity index (χ1v) is 10.3. The number of nitrogens with zero attached hydrogens (tertiary/aromatic N) is 3. The number of fused-ring (bicyclic) bond motifs is 1. The minimum absolute atomic E-state index is 0.00712. The first-order valence-electron chi connectivity index (χ1n) is 10.3. The molecule has 6 nitrogen and oxygen atoms in total. The van der Waals surface area contributed by atoms with Crippen LogP contribution in [0.25, 0.3) is 23.1 Å². The summed E-state index contributed by atoms with van der Waals surface area (Å²) in [7, 11) is 0. The van der Waals surface area contributed by atoms with E-state index in [1.165, 1.54) is 0 Å². The van der Waals surface area contributed by atoms with Gasteiger partial charge in [0.1, 0.15) is 0 Å². The van der Waals surface area contributed by atoms with Crippen molar-refractivity contribution in [2.24, 2.45) is 5.92 Å². The zero-order valence-electron chi connectivity index (χ0n) is 17.3. The smallest absolute Gasteiger partial charge is 0.253 e. The van der Waals surface area contributed by atoms with Crippen molar-refractivity contribution in [1.82, 2.24) is 20.0 Å². The monoisotopic (exact) mass is 402 g/mol. The highest BCUT2D eigenvalue weighted by Crippen LogP contribution is 2.18. The number of rotatable bonds is 4. The fourth-order valence-corrected chi connectivity index (χ4v) is 3.70. The molecule has 0 radical (unpaired) electrons. The van der Waals surface area contributed by atoms with Crippen LogP contribution >= 0.6 is 0 Å². The number of piperazine rings is 1. The third kappa shape index (κ3) is 4.13. The van der Waals surface area contributed by atoms with Gasteiger partial charge in [-0.2, -0.15) is 5.10 Å². The van der Waals surface area contributed by atoms with E-state index < -0.39 is 0 Å². The van der Waals surface area contributed by atoms with E-state index in [4.69, 9.17) is 0 Å². The average Bonchev–Trinajstić information content (AvgIpc) is 3.20. The summed E-state index contributed by atoms with van der Waals surface area (Å²) in [6.07, 6.45) is 3.97. The number of benzene rings is 2. The molecule has 2 amide bonds. The van der Waals surface area contributed by atoms with Crippen LogP contribution in [-0.2, 0) is 4.79 Å². The molecule has 2 heterocycles. The van der Waals surface area contributed by atoms with Crippen molar-refractivity contribution in [2.45, 2.75) is 13.8 Å². The Bertz CT molecular complexity index is 1070. The number of aromatic amines is 1. The maximum Gasteiger partial charge on any atom is 0.253 e. The molecule has 0 bridgehead atoms. The van der Waals surface area contributed by atoms with Gasteiger partial charge in [-0.15, -0.1) is 0 Å². The lowest BCUT2D eigenvalue weighted by atomic mass is 10.1. The number of nitrogens with one attached hydrogen (secondary N) is 1. The van der Waals surface area contributed by atoms with E-state index >= 15 is 0 Å². The second kappa shape index (κ2) is 8.53.